The number of para-hydroxylation sites is 1. The summed E-state index contributed by atoms with van der Waals surface area (Å²) in [5.41, 5.74) is 2.84. The van der Waals surface area contributed by atoms with Crippen molar-refractivity contribution in [3.8, 4) is 5.75 Å². The normalized spacial score (nSPS) is 11.7. The molecule has 0 atom stereocenters. The lowest BCUT2D eigenvalue weighted by Gasteiger charge is -2.27. The number of carbonyl (C=O) groups is 2. The number of rotatable bonds is 5. The van der Waals surface area contributed by atoms with Gasteiger partial charge in [-0.1, -0.05) is 65.8 Å². The summed E-state index contributed by atoms with van der Waals surface area (Å²) < 4.78 is 10.6. The molecule has 0 aromatic heterocycles. The van der Waals surface area contributed by atoms with Crippen molar-refractivity contribution in [1.82, 2.24) is 0 Å². The van der Waals surface area contributed by atoms with Crippen molar-refractivity contribution >= 4 is 17.6 Å². The largest absolute Gasteiger partial charge is 0.483 e. The molecule has 1 amide bonds. The number of nitrogens with one attached hydrogen (secondary N) is 1. The van der Waals surface area contributed by atoms with Gasteiger partial charge in [-0.15, -0.1) is 0 Å². The van der Waals surface area contributed by atoms with Crippen LogP contribution in [0.4, 0.5) is 5.69 Å². The highest BCUT2D eigenvalue weighted by molar-refractivity contribution is 6.01. The Morgan fingerprint density at radius 2 is 1.59 bits per heavy atom. The fraction of sp³-hybridized carbons (Fsp3) is 0.417. The van der Waals surface area contributed by atoms with Gasteiger partial charge < -0.3 is 14.8 Å². The smallest absolute Gasteiger partial charge is 0.339 e. The van der Waals surface area contributed by atoms with Gasteiger partial charge in [-0.05, 0) is 40.2 Å². The molecule has 5 nitrogen and oxygen atoms in total. The minimum Gasteiger partial charge on any atom is -0.483 e. The maximum Gasteiger partial charge on any atom is 0.339 e. The lowest BCUT2D eigenvalue weighted by Crippen LogP contribution is -2.23. The van der Waals surface area contributed by atoms with Crippen molar-refractivity contribution in [3.05, 3.63) is 59.2 Å². The summed E-state index contributed by atoms with van der Waals surface area (Å²) >= 11 is 0. The van der Waals surface area contributed by atoms with E-state index in [2.05, 4.69) is 52.9 Å². The summed E-state index contributed by atoms with van der Waals surface area (Å²) in [4.78, 5) is 24.3. The molecule has 0 spiro atoms. The quantitative estimate of drug-likeness (QED) is 0.714. The van der Waals surface area contributed by atoms with Crippen LogP contribution in [-0.2, 0) is 20.4 Å². The van der Waals surface area contributed by atoms with Crippen molar-refractivity contribution in [3.63, 3.8) is 0 Å². The van der Waals surface area contributed by atoms with Gasteiger partial charge in [0.2, 0.25) is 0 Å². The number of benzene rings is 2. The number of methoxy groups -OCH3 is 1. The topological polar surface area (TPSA) is 64.6 Å². The van der Waals surface area contributed by atoms with E-state index in [1.165, 1.54) is 12.7 Å². The predicted molar refractivity (Wildman–Crippen MR) is 116 cm³/mol. The fourth-order valence-electron chi connectivity index (χ4n) is 2.92. The molecule has 1 N–H and O–H groups in total. The molecule has 0 aliphatic heterocycles. The van der Waals surface area contributed by atoms with Gasteiger partial charge in [-0.2, -0.15) is 0 Å². The van der Waals surface area contributed by atoms with Crippen LogP contribution in [0.3, 0.4) is 0 Å². The molecule has 0 unspecified atom stereocenters. The zero-order valence-electron chi connectivity index (χ0n) is 18.4. The number of anilines is 1. The summed E-state index contributed by atoms with van der Waals surface area (Å²) in [6.45, 7) is 12.7. The van der Waals surface area contributed by atoms with Crippen molar-refractivity contribution in [2.24, 2.45) is 0 Å². The number of amides is 1. The second kappa shape index (κ2) is 8.68. The number of ether oxygens (including phenoxy) is 2. The third-order valence-electron chi connectivity index (χ3n) is 4.62. The van der Waals surface area contributed by atoms with Crippen LogP contribution in [0.25, 0.3) is 0 Å². The fourth-order valence-corrected chi connectivity index (χ4v) is 2.92. The van der Waals surface area contributed by atoms with Crippen LogP contribution in [0.1, 0.15) is 63.0 Å². The molecular formula is C24H31NO4. The van der Waals surface area contributed by atoms with Crippen LogP contribution in [0, 0.1) is 0 Å². The van der Waals surface area contributed by atoms with E-state index < -0.39 is 5.97 Å². The van der Waals surface area contributed by atoms with E-state index in [0.29, 0.717) is 17.0 Å². The van der Waals surface area contributed by atoms with Crippen molar-refractivity contribution in [2.75, 3.05) is 19.0 Å². The Bertz CT molecular complexity index is 888. The Morgan fingerprint density at radius 1 is 0.931 bits per heavy atom. The summed E-state index contributed by atoms with van der Waals surface area (Å²) in [6.07, 6.45) is 0. The molecule has 29 heavy (non-hydrogen) atoms. The van der Waals surface area contributed by atoms with Gasteiger partial charge in [-0.25, -0.2) is 4.79 Å². The second-order valence-electron chi connectivity index (χ2n) is 9.08. The van der Waals surface area contributed by atoms with Crippen LogP contribution in [-0.4, -0.2) is 25.6 Å². The number of carbonyl (C=O) groups excluding carboxylic acids is 2. The predicted octanol–water partition coefficient (Wildman–Crippen LogP) is 5.09. The van der Waals surface area contributed by atoms with E-state index in [9.17, 15) is 9.59 Å². The average Bonchev–Trinajstić information content (AvgIpc) is 2.64. The molecule has 0 saturated carbocycles. The third kappa shape index (κ3) is 5.83. The highest BCUT2D eigenvalue weighted by Gasteiger charge is 2.23. The number of hydrogen-bond acceptors (Lipinski definition) is 4. The molecule has 5 heteroatoms. The van der Waals surface area contributed by atoms with Crippen molar-refractivity contribution in [1.29, 1.82) is 0 Å². The molecule has 156 valence electrons. The van der Waals surface area contributed by atoms with Crippen LogP contribution in [0.15, 0.2) is 42.5 Å². The Labute approximate surface area is 173 Å². The van der Waals surface area contributed by atoms with E-state index in [1.54, 1.807) is 24.3 Å². The third-order valence-corrected chi connectivity index (χ3v) is 4.62. The van der Waals surface area contributed by atoms with Crippen LogP contribution in [0.5, 0.6) is 5.75 Å². The second-order valence-corrected chi connectivity index (χ2v) is 9.08. The molecule has 0 bridgehead atoms. The van der Waals surface area contributed by atoms with Gasteiger partial charge in [-0.3, -0.25) is 4.79 Å². The van der Waals surface area contributed by atoms with E-state index in [-0.39, 0.29) is 23.3 Å². The summed E-state index contributed by atoms with van der Waals surface area (Å²) in [5, 5.41) is 2.73. The SMILES string of the molecule is COC(=O)c1ccccc1NC(=O)COc1ccc(C(C)(C)C)cc1C(C)(C)C. The van der Waals surface area contributed by atoms with Crippen LogP contribution in [0.2, 0.25) is 0 Å². The van der Waals surface area contributed by atoms with Gasteiger partial charge in [0, 0.05) is 0 Å². The minimum absolute atomic E-state index is 0.0213. The zero-order valence-corrected chi connectivity index (χ0v) is 18.4. The van der Waals surface area contributed by atoms with E-state index in [1.807, 2.05) is 12.1 Å². The van der Waals surface area contributed by atoms with Crippen LogP contribution >= 0.6 is 0 Å². The zero-order chi connectivity index (χ0) is 21.8. The van der Waals surface area contributed by atoms with Crippen LogP contribution < -0.4 is 10.1 Å². The van der Waals surface area contributed by atoms with Crippen molar-refractivity contribution < 1.29 is 19.1 Å². The maximum atomic E-state index is 12.4. The standard InChI is InChI=1S/C24H31NO4/c1-23(2,3)16-12-13-20(18(14-16)24(4,5)6)29-15-21(26)25-19-11-9-8-10-17(19)22(27)28-7/h8-14H,15H2,1-7H3,(H,25,26). The monoisotopic (exact) mass is 397 g/mol. The summed E-state index contributed by atoms with van der Waals surface area (Å²) in [6, 6.07) is 12.8. The molecule has 0 heterocycles. The molecule has 2 rings (SSSR count). The summed E-state index contributed by atoms with van der Waals surface area (Å²) in [5.74, 6) is -0.169. The first kappa shape index (κ1) is 22.5. The maximum absolute atomic E-state index is 12.4. The number of esters is 1. The Morgan fingerprint density at radius 3 is 2.17 bits per heavy atom. The highest BCUT2D eigenvalue weighted by Crippen LogP contribution is 2.35. The van der Waals surface area contributed by atoms with Crippen molar-refractivity contribution in [2.45, 2.75) is 52.4 Å². The van der Waals surface area contributed by atoms with Gasteiger partial charge in [0.25, 0.3) is 5.91 Å². The molecule has 2 aromatic rings. The van der Waals surface area contributed by atoms with Gasteiger partial charge in [0.05, 0.1) is 18.4 Å². The molecule has 0 aliphatic carbocycles. The molecule has 2 aromatic carbocycles. The Hall–Kier alpha value is -2.82. The van der Waals surface area contributed by atoms with Gasteiger partial charge in [0.1, 0.15) is 5.75 Å². The molecule has 0 aliphatic rings. The Balaban J connectivity index is 2.18. The first-order valence-corrected chi connectivity index (χ1v) is 9.68. The molecular weight excluding hydrogens is 366 g/mol. The first-order chi connectivity index (χ1) is 13.4. The summed E-state index contributed by atoms with van der Waals surface area (Å²) in [7, 11) is 1.30. The molecule has 0 fully saturated rings. The first-order valence-electron chi connectivity index (χ1n) is 9.68. The molecule has 0 saturated heterocycles. The highest BCUT2D eigenvalue weighted by atomic mass is 16.5. The average molecular weight is 398 g/mol. The van der Waals surface area contributed by atoms with Gasteiger partial charge in [0.15, 0.2) is 6.61 Å². The lowest BCUT2D eigenvalue weighted by molar-refractivity contribution is -0.118. The number of hydrogen-bond donors (Lipinski definition) is 1. The van der Waals surface area contributed by atoms with E-state index >= 15 is 0 Å². The van der Waals surface area contributed by atoms with E-state index in [4.69, 9.17) is 9.47 Å². The lowest BCUT2D eigenvalue weighted by atomic mass is 9.80. The van der Waals surface area contributed by atoms with E-state index in [0.717, 1.165) is 5.56 Å². The van der Waals surface area contributed by atoms with Gasteiger partial charge >= 0.3 is 5.97 Å². The Kier molecular flexibility index (Phi) is 6.73. The minimum atomic E-state index is -0.505. The molecule has 0 radical (unpaired) electrons.